The molecule has 2 aromatic rings. The highest BCUT2D eigenvalue weighted by Gasteiger charge is 2.33. The highest BCUT2D eigenvalue weighted by atomic mass is 32.2. The number of thiocarbonyl (C=S) groups is 1. The first-order chi connectivity index (χ1) is 14.7. The molecular formula is C23H24N2O4S2. The van der Waals surface area contributed by atoms with Crippen LogP contribution in [0.15, 0.2) is 35.2 Å². The average molecular weight is 457 g/mol. The van der Waals surface area contributed by atoms with Gasteiger partial charge in [-0.2, -0.15) is 0 Å². The first-order valence-corrected chi connectivity index (χ1v) is 10.8. The second-order valence-electron chi connectivity index (χ2n) is 7.20. The van der Waals surface area contributed by atoms with Gasteiger partial charge in [-0.25, -0.2) is 0 Å². The lowest BCUT2D eigenvalue weighted by molar-refractivity contribution is -0.126. The summed E-state index contributed by atoms with van der Waals surface area (Å²) < 4.78 is 10.9. The number of hydrogen-bond donors (Lipinski definition) is 1. The van der Waals surface area contributed by atoms with Crippen LogP contribution >= 0.6 is 24.0 Å². The van der Waals surface area contributed by atoms with E-state index in [2.05, 4.69) is 5.32 Å². The standard InChI is InChI=1S/C23H24N2O4S2/c1-13-8-14(2)21(15(3)9-13)24-20(26)12-25-22(27)19(31-23(25)30)11-16-6-7-17(28-4)18(10-16)29-5/h6-11H,12H2,1-5H3,(H,24,26). The highest BCUT2D eigenvalue weighted by molar-refractivity contribution is 8.26. The van der Waals surface area contributed by atoms with Gasteiger partial charge >= 0.3 is 0 Å². The SMILES string of the molecule is COc1ccc(C=C2SC(=S)N(CC(=O)Nc3c(C)cc(C)cc3C)C2=O)cc1OC. The first kappa shape index (κ1) is 22.8. The number of nitrogens with one attached hydrogen (secondary N) is 1. The van der Waals surface area contributed by atoms with Gasteiger partial charge in [0, 0.05) is 5.69 Å². The van der Waals surface area contributed by atoms with Crippen molar-refractivity contribution in [1.29, 1.82) is 0 Å². The average Bonchev–Trinajstić information content (AvgIpc) is 2.97. The first-order valence-electron chi connectivity index (χ1n) is 9.58. The molecule has 1 aliphatic rings. The molecule has 0 saturated carbocycles. The zero-order chi connectivity index (χ0) is 22.7. The van der Waals surface area contributed by atoms with Crippen molar-refractivity contribution in [3.05, 3.63) is 57.5 Å². The fourth-order valence-corrected chi connectivity index (χ4v) is 4.69. The summed E-state index contributed by atoms with van der Waals surface area (Å²) in [4.78, 5) is 27.3. The minimum absolute atomic E-state index is 0.138. The molecule has 0 aliphatic carbocycles. The van der Waals surface area contributed by atoms with E-state index in [1.165, 1.54) is 16.7 Å². The van der Waals surface area contributed by atoms with Crippen molar-refractivity contribution in [3.63, 3.8) is 0 Å². The fourth-order valence-electron chi connectivity index (χ4n) is 3.43. The number of thioether (sulfide) groups is 1. The Labute approximate surface area is 191 Å². The third-order valence-electron chi connectivity index (χ3n) is 4.82. The number of nitrogens with zero attached hydrogens (tertiary/aromatic N) is 1. The van der Waals surface area contributed by atoms with Crippen molar-refractivity contribution >= 4 is 51.9 Å². The monoisotopic (exact) mass is 456 g/mol. The van der Waals surface area contributed by atoms with Crippen LogP contribution in [0.5, 0.6) is 11.5 Å². The number of ether oxygens (including phenoxy) is 2. The second kappa shape index (κ2) is 9.53. The molecule has 0 atom stereocenters. The van der Waals surface area contributed by atoms with E-state index in [0.29, 0.717) is 20.7 Å². The van der Waals surface area contributed by atoms with E-state index < -0.39 is 0 Å². The summed E-state index contributed by atoms with van der Waals surface area (Å²) in [5, 5.41) is 2.91. The van der Waals surface area contributed by atoms with Crippen molar-refractivity contribution in [2.24, 2.45) is 0 Å². The Kier molecular flexibility index (Phi) is 7.02. The molecule has 1 aliphatic heterocycles. The van der Waals surface area contributed by atoms with Gasteiger partial charge in [-0.3, -0.25) is 14.5 Å². The summed E-state index contributed by atoms with van der Waals surface area (Å²) >= 11 is 6.53. The number of amides is 2. The highest BCUT2D eigenvalue weighted by Crippen LogP contribution is 2.34. The molecule has 1 N–H and O–H groups in total. The number of aryl methyl sites for hydroxylation is 3. The van der Waals surface area contributed by atoms with E-state index in [4.69, 9.17) is 21.7 Å². The Morgan fingerprint density at radius 2 is 1.74 bits per heavy atom. The molecule has 162 valence electrons. The van der Waals surface area contributed by atoms with Crippen LogP contribution < -0.4 is 14.8 Å². The molecule has 0 bridgehead atoms. The lowest BCUT2D eigenvalue weighted by Crippen LogP contribution is -2.36. The van der Waals surface area contributed by atoms with Crippen LogP contribution in [0.2, 0.25) is 0 Å². The predicted octanol–water partition coefficient (Wildman–Crippen LogP) is 4.47. The molecule has 0 aromatic heterocycles. The molecule has 3 rings (SSSR count). The van der Waals surface area contributed by atoms with E-state index in [0.717, 1.165) is 27.9 Å². The molecule has 1 fully saturated rings. The zero-order valence-electron chi connectivity index (χ0n) is 18.1. The molecule has 0 unspecified atom stereocenters. The van der Waals surface area contributed by atoms with E-state index in [1.54, 1.807) is 32.4 Å². The van der Waals surface area contributed by atoms with Gasteiger partial charge in [-0.1, -0.05) is 47.7 Å². The summed E-state index contributed by atoms with van der Waals surface area (Å²) in [5.41, 5.74) is 4.62. The van der Waals surface area contributed by atoms with E-state index in [-0.39, 0.29) is 18.4 Å². The molecule has 1 saturated heterocycles. The smallest absolute Gasteiger partial charge is 0.266 e. The number of methoxy groups -OCH3 is 2. The summed E-state index contributed by atoms with van der Waals surface area (Å²) in [7, 11) is 3.12. The number of carbonyl (C=O) groups excluding carboxylic acids is 2. The van der Waals surface area contributed by atoms with Crippen molar-refractivity contribution in [2.75, 3.05) is 26.1 Å². The van der Waals surface area contributed by atoms with Crippen molar-refractivity contribution < 1.29 is 19.1 Å². The lowest BCUT2D eigenvalue weighted by Gasteiger charge is -2.17. The molecule has 1 heterocycles. The Morgan fingerprint density at radius 3 is 2.35 bits per heavy atom. The lowest BCUT2D eigenvalue weighted by atomic mass is 10.1. The van der Waals surface area contributed by atoms with Gasteiger partial charge in [0.1, 0.15) is 10.9 Å². The van der Waals surface area contributed by atoms with Crippen LogP contribution in [0.4, 0.5) is 5.69 Å². The maximum absolute atomic E-state index is 12.9. The number of benzene rings is 2. The molecule has 2 amide bonds. The molecule has 31 heavy (non-hydrogen) atoms. The summed E-state index contributed by atoms with van der Waals surface area (Å²) in [6.07, 6.45) is 1.73. The van der Waals surface area contributed by atoms with Crippen molar-refractivity contribution in [1.82, 2.24) is 4.90 Å². The van der Waals surface area contributed by atoms with Gasteiger partial charge in [-0.15, -0.1) is 0 Å². The van der Waals surface area contributed by atoms with Crippen LogP contribution in [0.25, 0.3) is 6.08 Å². The Balaban J connectivity index is 1.75. The van der Waals surface area contributed by atoms with Gasteiger partial charge in [0.25, 0.3) is 5.91 Å². The minimum atomic E-state index is -0.294. The Bertz CT molecular complexity index is 1070. The van der Waals surface area contributed by atoms with Gasteiger partial charge in [0.05, 0.1) is 19.1 Å². The van der Waals surface area contributed by atoms with Crippen LogP contribution in [0.3, 0.4) is 0 Å². The quantitative estimate of drug-likeness (QED) is 0.511. The van der Waals surface area contributed by atoms with Gasteiger partial charge in [-0.05, 0) is 55.7 Å². The van der Waals surface area contributed by atoms with Gasteiger partial charge < -0.3 is 14.8 Å². The molecule has 0 radical (unpaired) electrons. The molecular weight excluding hydrogens is 432 g/mol. The zero-order valence-corrected chi connectivity index (χ0v) is 19.7. The van der Waals surface area contributed by atoms with E-state index in [1.807, 2.05) is 39.0 Å². The van der Waals surface area contributed by atoms with Gasteiger partial charge in [0.2, 0.25) is 5.91 Å². The van der Waals surface area contributed by atoms with Crippen LogP contribution in [-0.4, -0.2) is 41.8 Å². The number of rotatable bonds is 6. The molecule has 8 heteroatoms. The van der Waals surface area contributed by atoms with Crippen LogP contribution in [-0.2, 0) is 9.59 Å². The second-order valence-corrected chi connectivity index (χ2v) is 8.88. The Hall–Kier alpha value is -2.84. The number of carbonyl (C=O) groups is 2. The van der Waals surface area contributed by atoms with Gasteiger partial charge in [0.15, 0.2) is 11.5 Å². The van der Waals surface area contributed by atoms with Crippen LogP contribution in [0.1, 0.15) is 22.3 Å². The van der Waals surface area contributed by atoms with Crippen molar-refractivity contribution in [3.8, 4) is 11.5 Å². The van der Waals surface area contributed by atoms with E-state index in [9.17, 15) is 9.59 Å². The van der Waals surface area contributed by atoms with Crippen molar-refractivity contribution in [2.45, 2.75) is 20.8 Å². The third kappa shape index (κ3) is 5.08. The summed E-state index contributed by atoms with van der Waals surface area (Å²) in [6, 6.07) is 9.39. The van der Waals surface area contributed by atoms with Crippen LogP contribution in [0, 0.1) is 20.8 Å². The van der Waals surface area contributed by atoms with E-state index >= 15 is 0 Å². The largest absolute Gasteiger partial charge is 0.493 e. The normalized spacial score (nSPS) is 14.9. The maximum Gasteiger partial charge on any atom is 0.266 e. The number of anilines is 1. The summed E-state index contributed by atoms with van der Waals surface area (Å²) in [6.45, 7) is 5.76. The fraction of sp³-hybridized carbons (Fsp3) is 0.261. The maximum atomic E-state index is 12.9. The molecule has 2 aromatic carbocycles. The minimum Gasteiger partial charge on any atom is -0.493 e. The molecule has 0 spiro atoms. The Morgan fingerprint density at radius 1 is 1.10 bits per heavy atom. The number of hydrogen-bond acceptors (Lipinski definition) is 6. The third-order valence-corrected chi connectivity index (χ3v) is 6.20. The summed E-state index contributed by atoms with van der Waals surface area (Å²) in [5.74, 6) is 0.580. The predicted molar refractivity (Wildman–Crippen MR) is 129 cm³/mol. The molecule has 6 nitrogen and oxygen atoms in total. The topological polar surface area (TPSA) is 67.9 Å².